The van der Waals surface area contributed by atoms with E-state index in [-0.39, 0.29) is 23.8 Å². The van der Waals surface area contributed by atoms with Crippen LogP contribution in [0.4, 0.5) is 10.1 Å². The van der Waals surface area contributed by atoms with Crippen LogP contribution in [0.1, 0.15) is 27.7 Å². The minimum absolute atomic E-state index is 0.0669. The van der Waals surface area contributed by atoms with Crippen molar-refractivity contribution in [2.75, 3.05) is 11.9 Å². The smallest absolute Gasteiger partial charge is 0.266 e. The summed E-state index contributed by atoms with van der Waals surface area (Å²) in [4.78, 5) is 31.1. The maximum absolute atomic E-state index is 14.0. The Morgan fingerprint density at radius 1 is 1.19 bits per heavy atom. The van der Waals surface area contributed by atoms with Crippen LogP contribution in [0.2, 0.25) is 0 Å². The van der Waals surface area contributed by atoms with Gasteiger partial charge < -0.3 is 10.1 Å². The van der Waals surface area contributed by atoms with Gasteiger partial charge in [0.2, 0.25) is 0 Å². The highest BCUT2D eigenvalue weighted by Gasteiger charge is 2.20. The molecular formula is C23H20FN3O3S. The Balaban J connectivity index is 1.63. The van der Waals surface area contributed by atoms with Crippen molar-refractivity contribution in [2.45, 2.75) is 20.4 Å². The Bertz CT molecular complexity index is 1310. The molecule has 31 heavy (non-hydrogen) atoms. The van der Waals surface area contributed by atoms with Crippen LogP contribution < -0.4 is 15.6 Å². The number of nitrogens with one attached hydrogen (secondary N) is 1. The van der Waals surface area contributed by atoms with Crippen molar-refractivity contribution < 1.29 is 13.9 Å². The molecule has 2 heterocycles. The molecule has 0 saturated heterocycles. The lowest BCUT2D eigenvalue weighted by molar-refractivity contribution is 0.103. The second-order valence-corrected chi connectivity index (χ2v) is 7.92. The number of thiophene rings is 1. The number of nitrogens with zero attached hydrogens (tertiary/aromatic N) is 2. The Kier molecular flexibility index (Phi) is 5.81. The lowest BCUT2D eigenvalue weighted by Gasteiger charge is -2.07. The van der Waals surface area contributed by atoms with Crippen molar-refractivity contribution in [3.05, 3.63) is 87.0 Å². The van der Waals surface area contributed by atoms with Gasteiger partial charge in [0.25, 0.3) is 11.5 Å². The third kappa shape index (κ3) is 4.20. The van der Waals surface area contributed by atoms with Crippen LogP contribution >= 0.6 is 11.3 Å². The van der Waals surface area contributed by atoms with Crippen LogP contribution in [0.15, 0.2) is 59.7 Å². The van der Waals surface area contributed by atoms with Gasteiger partial charge in [0.05, 0.1) is 29.7 Å². The maximum atomic E-state index is 14.0. The molecule has 0 saturated carbocycles. The number of rotatable bonds is 6. The Labute approximate surface area is 181 Å². The van der Waals surface area contributed by atoms with E-state index in [0.717, 1.165) is 17.1 Å². The number of aryl methyl sites for hydroxylation is 1. The fraction of sp³-hybridized carbons (Fsp3) is 0.174. The van der Waals surface area contributed by atoms with E-state index >= 15 is 0 Å². The zero-order chi connectivity index (χ0) is 22.0. The normalized spacial score (nSPS) is 10.9. The molecule has 2 aromatic carbocycles. The summed E-state index contributed by atoms with van der Waals surface area (Å²) in [6.45, 7) is 4.26. The van der Waals surface area contributed by atoms with Gasteiger partial charge in [-0.2, -0.15) is 0 Å². The highest BCUT2D eigenvalue weighted by atomic mass is 32.1. The van der Waals surface area contributed by atoms with Gasteiger partial charge in [-0.15, -0.1) is 11.3 Å². The van der Waals surface area contributed by atoms with E-state index < -0.39 is 0 Å². The average molecular weight is 437 g/mol. The number of aromatic nitrogens is 2. The van der Waals surface area contributed by atoms with Gasteiger partial charge in [0.15, 0.2) is 0 Å². The highest BCUT2D eigenvalue weighted by molar-refractivity contribution is 7.20. The van der Waals surface area contributed by atoms with Crippen molar-refractivity contribution in [1.82, 2.24) is 9.55 Å². The molecule has 0 bridgehead atoms. The summed E-state index contributed by atoms with van der Waals surface area (Å²) in [7, 11) is 0. The Hall–Kier alpha value is -3.52. The Morgan fingerprint density at radius 3 is 2.65 bits per heavy atom. The fourth-order valence-corrected chi connectivity index (χ4v) is 4.32. The molecule has 0 spiro atoms. The topological polar surface area (TPSA) is 73.2 Å². The van der Waals surface area contributed by atoms with E-state index in [9.17, 15) is 14.0 Å². The van der Waals surface area contributed by atoms with Gasteiger partial charge in [-0.25, -0.2) is 9.37 Å². The van der Waals surface area contributed by atoms with E-state index in [0.29, 0.717) is 38.5 Å². The number of carbonyl (C=O) groups excluding carboxylic acids is 1. The summed E-state index contributed by atoms with van der Waals surface area (Å²) in [6, 6.07) is 13.4. The summed E-state index contributed by atoms with van der Waals surface area (Å²) in [6.07, 6.45) is 1.39. The van der Waals surface area contributed by atoms with Gasteiger partial charge in [0.1, 0.15) is 16.4 Å². The molecule has 8 heteroatoms. The molecule has 2 aromatic heterocycles. The molecule has 0 aliphatic rings. The van der Waals surface area contributed by atoms with Crippen molar-refractivity contribution in [2.24, 2.45) is 0 Å². The largest absolute Gasteiger partial charge is 0.494 e. The van der Waals surface area contributed by atoms with Crippen LogP contribution in [-0.4, -0.2) is 22.1 Å². The van der Waals surface area contributed by atoms with Gasteiger partial charge in [-0.05, 0) is 49.7 Å². The molecule has 0 radical (unpaired) electrons. The standard InChI is InChI=1S/C23H20FN3O3S/c1-3-30-17-10-8-16(9-11-17)26-21(28)20-14(2)19-22(31-20)25-13-27(23(19)29)12-15-6-4-5-7-18(15)24/h4-11,13H,3,12H2,1-2H3,(H,26,28). The summed E-state index contributed by atoms with van der Waals surface area (Å²) in [5.74, 6) is 0.0230. The summed E-state index contributed by atoms with van der Waals surface area (Å²) < 4.78 is 20.8. The minimum Gasteiger partial charge on any atom is -0.494 e. The van der Waals surface area contributed by atoms with E-state index in [1.807, 2.05) is 6.92 Å². The second-order valence-electron chi connectivity index (χ2n) is 6.92. The molecule has 0 aliphatic heterocycles. The molecule has 4 rings (SSSR count). The number of anilines is 1. The number of benzene rings is 2. The van der Waals surface area contributed by atoms with Gasteiger partial charge in [0, 0.05) is 11.3 Å². The monoisotopic (exact) mass is 437 g/mol. The molecule has 0 aliphatic carbocycles. The Morgan fingerprint density at radius 2 is 1.94 bits per heavy atom. The minimum atomic E-state index is -0.382. The first-order chi connectivity index (χ1) is 15.0. The molecule has 158 valence electrons. The van der Waals surface area contributed by atoms with Crippen molar-refractivity contribution in [3.63, 3.8) is 0 Å². The molecule has 0 atom stereocenters. The predicted octanol–water partition coefficient (Wildman–Crippen LogP) is 4.60. The summed E-state index contributed by atoms with van der Waals surface area (Å²) in [5, 5.41) is 3.22. The third-order valence-corrected chi connectivity index (χ3v) is 6.04. The average Bonchev–Trinajstić information content (AvgIpc) is 3.10. The van der Waals surface area contributed by atoms with Crippen molar-refractivity contribution in [1.29, 1.82) is 0 Å². The fourth-order valence-electron chi connectivity index (χ4n) is 3.29. The zero-order valence-electron chi connectivity index (χ0n) is 17.0. The lowest BCUT2D eigenvalue weighted by Crippen LogP contribution is -2.21. The first-order valence-electron chi connectivity index (χ1n) is 9.74. The van der Waals surface area contributed by atoms with Crippen LogP contribution in [0.3, 0.4) is 0 Å². The number of carbonyl (C=O) groups is 1. The maximum Gasteiger partial charge on any atom is 0.266 e. The molecule has 4 aromatic rings. The quantitative estimate of drug-likeness (QED) is 0.478. The third-order valence-electron chi connectivity index (χ3n) is 4.85. The lowest BCUT2D eigenvalue weighted by atomic mass is 10.2. The van der Waals surface area contributed by atoms with E-state index in [2.05, 4.69) is 10.3 Å². The van der Waals surface area contributed by atoms with Crippen LogP contribution in [0, 0.1) is 12.7 Å². The number of hydrogen-bond acceptors (Lipinski definition) is 5. The zero-order valence-corrected chi connectivity index (χ0v) is 17.8. The number of fused-ring (bicyclic) bond motifs is 1. The van der Waals surface area contributed by atoms with Crippen molar-refractivity contribution >= 4 is 33.1 Å². The molecule has 0 fully saturated rings. The highest BCUT2D eigenvalue weighted by Crippen LogP contribution is 2.28. The predicted molar refractivity (Wildman–Crippen MR) is 120 cm³/mol. The number of ether oxygens (including phenoxy) is 1. The van der Waals surface area contributed by atoms with E-state index in [1.165, 1.54) is 17.0 Å². The summed E-state index contributed by atoms with van der Waals surface area (Å²) >= 11 is 1.16. The SMILES string of the molecule is CCOc1ccc(NC(=O)c2sc3ncn(Cc4ccccc4F)c(=O)c3c2C)cc1. The second kappa shape index (κ2) is 8.69. The first kappa shape index (κ1) is 20.7. The number of halogens is 1. The van der Waals surface area contributed by atoms with Crippen molar-refractivity contribution in [3.8, 4) is 5.75 Å². The van der Waals surface area contributed by atoms with E-state index in [4.69, 9.17) is 4.74 Å². The molecule has 6 nitrogen and oxygen atoms in total. The summed E-state index contributed by atoms with van der Waals surface area (Å²) in [5.41, 5.74) is 1.27. The van der Waals surface area contributed by atoms with Gasteiger partial charge in [-0.3, -0.25) is 14.2 Å². The molecule has 0 unspecified atom stereocenters. The number of amides is 1. The van der Waals surface area contributed by atoms with Crippen LogP contribution in [-0.2, 0) is 6.54 Å². The van der Waals surface area contributed by atoms with Crippen LogP contribution in [0.25, 0.3) is 10.2 Å². The van der Waals surface area contributed by atoms with Gasteiger partial charge in [-0.1, -0.05) is 18.2 Å². The van der Waals surface area contributed by atoms with Gasteiger partial charge >= 0.3 is 0 Å². The molecule has 1 N–H and O–H groups in total. The van der Waals surface area contributed by atoms with E-state index in [1.54, 1.807) is 49.4 Å². The number of hydrogen-bond donors (Lipinski definition) is 1. The first-order valence-corrected chi connectivity index (χ1v) is 10.6. The van der Waals surface area contributed by atoms with Crippen LogP contribution in [0.5, 0.6) is 5.75 Å². The molecule has 1 amide bonds. The molecular weight excluding hydrogens is 417 g/mol.